The van der Waals surface area contributed by atoms with Crippen LogP contribution in [-0.2, 0) is 6.42 Å². The second kappa shape index (κ2) is 6.56. The van der Waals surface area contributed by atoms with E-state index < -0.39 is 0 Å². The third-order valence-electron chi connectivity index (χ3n) is 4.14. The van der Waals surface area contributed by atoms with E-state index in [-0.39, 0.29) is 11.9 Å². The third kappa shape index (κ3) is 3.46. The van der Waals surface area contributed by atoms with E-state index in [2.05, 4.69) is 24.2 Å². The Hall–Kier alpha value is -2.11. The lowest BCUT2D eigenvalue weighted by molar-refractivity contribution is 0.0559. The van der Waals surface area contributed by atoms with E-state index in [1.54, 1.807) is 6.07 Å². The van der Waals surface area contributed by atoms with Gasteiger partial charge in [0.2, 0.25) is 5.76 Å². The minimum absolute atomic E-state index is 0.0488. The Morgan fingerprint density at radius 3 is 2.83 bits per heavy atom. The van der Waals surface area contributed by atoms with Gasteiger partial charge < -0.3 is 13.9 Å². The molecule has 3 heterocycles. The normalized spacial score (nSPS) is 18.6. The van der Waals surface area contributed by atoms with E-state index >= 15 is 0 Å². The van der Waals surface area contributed by atoms with Gasteiger partial charge in [-0.3, -0.25) is 4.79 Å². The van der Waals surface area contributed by atoms with Crippen molar-refractivity contribution >= 4 is 5.91 Å². The maximum Gasteiger partial charge on any atom is 0.293 e. The molecule has 0 N–H and O–H groups in total. The maximum atomic E-state index is 12.8. The molecule has 0 spiro atoms. The summed E-state index contributed by atoms with van der Waals surface area (Å²) in [6.07, 6.45) is 3.77. The fourth-order valence-electron chi connectivity index (χ4n) is 3.09. The van der Waals surface area contributed by atoms with Crippen molar-refractivity contribution in [2.45, 2.75) is 52.5 Å². The van der Waals surface area contributed by atoms with Crippen molar-refractivity contribution in [1.82, 2.24) is 15.2 Å². The minimum Gasteiger partial charge on any atom is -0.361 e. The molecule has 1 saturated heterocycles. The first kappa shape index (κ1) is 15.8. The van der Waals surface area contributed by atoms with E-state index in [1.165, 1.54) is 0 Å². The van der Waals surface area contributed by atoms with Gasteiger partial charge in [0.15, 0.2) is 0 Å². The highest BCUT2D eigenvalue weighted by molar-refractivity contribution is 5.91. The van der Waals surface area contributed by atoms with Gasteiger partial charge in [0.05, 0.1) is 11.7 Å². The van der Waals surface area contributed by atoms with E-state index in [0.29, 0.717) is 18.2 Å². The first-order chi connectivity index (χ1) is 11.0. The Morgan fingerprint density at radius 1 is 1.30 bits per heavy atom. The summed E-state index contributed by atoms with van der Waals surface area (Å²) in [5.74, 6) is 1.44. The summed E-state index contributed by atoms with van der Waals surface area (Å²) in [7, 11) is 0. The smallest absolute Gasteiger partial charge is 0.293 e. The molecule has 2 aromatic heterocycles. The van der Waals surface area contributed by atoms with Gasteiger partial charge >= 0.3 is 0 Å². The van der Waals surface area contributed by atoms with Crippen LogP contribution in [0, 0.1) is 12.8 Å². The number of nitrogens with zero attached hydrogens (tertiary/aromatic N) is 3. The first-order valence-corrected chi connectivity index (χ1v) is 8.24. The number of carbonyl (C=O) groups is 1. The summed E-state index contributed by atoms with van der Waals surface area (Å²) in [5.41, 5.74) is 1.65. The monoisotopic (exact) mass is 317 g/mol. The van der Waals surface area contributed by atoms with Crippen LogP contribution < -0.4 is 0 Å². The number of likely N-dealkylation sites (tertiary alicyclic amines) is 1. The molecule has 0 saturated carbocycles. The predicted molar refractivity (Wildman–Crippen MR) is 83.9 cm³/mol. The van der Waals surface area contributed by atoms with Gasteiger partial charge in [-0.2, -0.15) is 0 Å². The average molecular weight is 317 g/mol. The number of hydrogen-bond acceptors (Lipinski definition) is 5. The van der Waals surface area contributed by atoms with E-state index in [9.17, 15) is 4.79 Å². The number of aromatic nitrogens is 2. The number of hydrogen-bond donors (Lipinski definition) is 0. The molecule has 6 nitrogen and oxygen atoms in total. The van der Waals surface area contributed by atoms with Crippen LogP contribution in [0.25, 0.3) is 0 Å². The van der Waals surface area contributed by atoms with Crippen molar-refractivity contribution in [1.29, 1.82) is 0 Å². The Bertz CT molecular complexity index is 674. The van der Waals surface area contributed by atoms with Gasteiger partial charge in [-0.15, -0.1) is 0 Å². The number of carbonyl (C=O) groups excluding carboxylic acids is 1. The SMILES string of the molecule is Cc1cc([C@H]2CCCCN2C(=O)c2cc(CC(C)C)no2)no1. The van der Waals surface area contributed by atoms with Crippen LogP contribution in [0.2, 0.25) is 0 Å². The Balaban J connectivity index is 1.79. The zero-order valence-corrected chi connectivity index (χ0v) is 13.9. The maximum absolute atomic E-state index is 12.8. The average Bonchev–Trinajstić information content (AvgIpc) is 3.15. The summed E-state index contributed by atoms with van der Waals surface area (Å²) in [4.78, 5) is 14.7. The number of aryl methyl sites for hydroxylation is 1. The topological polar surface area (TPSA) is 72.4 Å². The van der Waals surface area contributed by atoms with Crippen LogP contribution in [0.3, 0.4) is 0 Å². The summed E-state index contributed by atoms with van der Waals surface area (Å²) in [6, 6.07) is 3.62. The quantitative estimate of drug-likeness (QED) is 0.862. The second-order valence-electron chi connectivity index (χ2n) is 6.65. The summed E-state index contributed by atoms with van der Waals surface area (Å²) in [5, 5.41) is 8.11. The minimum atomic E-state index is -0.113. The molecule has 0 aromatic carbocycles. The highest BCUT2D eigenvalue weighted by atomic mass is 16.5. The van der Waals surface area contributed by atoms with Crippen LogP contribution in [-0.4, -0.2) is 27.7 Å². The predicted octanol–water partition coefficient (Wildman–Crippen LogP) is 3.54. The van der Waals surface area contributed by atoms with Crippen LogP contribution >= 0.6 is 0 Å². The molecule has 0 unspecified atom stereocenters. The van der Waals surface area contributed by atoms with E-state index in [4.69, 9.17) is 9.05 Å². The lowest BCUT2D eigenvalue weighted by Crippen LogP contribution is -2.38. The third-order valence-corrected chi connectivity index (χ3v) is 4.14. The molecule has 0 aliphatic carbocycles. The molecule has 23 heavy (non-hydrogen) atoms. The Morgan fingerprint density at radius 2 is 2.13 bits per heavy atom. The highest BCUT2D eigenvalue weighted by Crippen LogP contribution is 2.32. The molecule has 0 radical (unpaired) electrons. The van der Waals surface area contributed by atoms with Gasteiger partial charge in [0, 0.05) is 18.7 Å². The lowest BCUT2D eigenvalue weighted by atomic mass is 9.98. The number of piperidine rings is 1. The van der Waals surface area contributed by atoms with Crippen LogP contribution in [0.15, 0.2) is 21.2 Å². The van der Waals surface area contributed by atoms with Gasteiger partial charge in [-0.05, 0) is 38.5 Å². The molecule has 3 rings (SSSR count). The zero-order chi connectivity index (χ0) is 16.4. The lowest BCUT2D eigenvalue weighted by Gasteiger charge is -2.33. The molecule has 6 heteroatoms. The summed E-state index contributed by atoms with van der Waals surface area (Å²) in [6.45, 7) is 6.79. The van der Waals surface area contributed by atoms with Crippen LogP contribution in [0.1, 0.15) is 66.9 Å². The summed E-state index contributed by atoms with van der Waals surface area (Å²) >= 11 is 0. The molecule has 1 aliphatic rings. The zero-order valence-electron chi connectivity index (χ0n) is 13.9. The number of rotatable bonds is 4. The molecule has 2 aromatic rings. The van der Waals surface area contributed by atoms with Crippen molar-refractivity contribution in [3.8, 4) is 0 Å². The second-order valence-corrected chi connectivity index (χ2v) is 6.65. The summed E-state index contributed by atoms with van der Waals surface area (Å²) < 4.78 is 10.5. The molecule has 1 atom stereocenters. The largest absolute Gasteiger partial charge is 0.361 e. The first-order valence-electron chi connectivity index (χ1n) is 8.24. The van der Waals surface area contributed by atoms with Crippen LogP contribution in [0.4, 0.5) is 0 Å². The van der Waals surface area contributed by atoms with Crippen molar-refractivity contribution in [3.05, 3.63) is 35.0 Å². The highest BCUT2D eigenvalue weighted by Gasteiger charge is 2.32. The van der Waals surface area contributed by atoms with Crippen molar-refractivity contribution in [2.24, 2.45) is 5.92 Å². The van der Waals surface area contributed by atoms with Gasteiger partial charge in [-0.25, -0.2) is 0 Å². The molecule has 1 aliphatic heterocycles. The van der Waals surface area contributed by atoms with Gasteiger partial charge in [0.1, 0.15) is 11.5 Å². The number of amides is 1. The van der Waals surface area contributed by atoms with E-state index in [0.717, 1.165) is 42.8 Å². The fourth-order valence-corrected chi connectivity index (χ4v) is 3.09. The van der Waals surface area contributed by atoms with Gasteiger partial charge in [-0.1, -0.05) is 24.2 Å². The molecule has 0 bridgehead atoms. The molecular weight excluding hydrogens is 294 g/mol. The van der Waals surface area contributed by atoms with Crippen molar-refractivity contribution < 1.29 is 13.8 Å². The van der Waals surface area contributed by atoms with Crippen molar-refractivity contribution in [2.75, 3.05) is 6.54 Å². The molecular formula is C17H23N3O3. The fraction of sp³-hybridized carbons (Fsp3) is 0.588. The molecule has 124 valence electrons. The Labute approximate surface area is 135 Å². The van der Waals surface area contributed by atoms with Gasteiger partial charge in [0.25, 0.3) is 5.91 Å². The van der Waals surface area contributed by atoms with Crippen molar-refractivity contribution in [3.63, 3.8) is 0 Å². The Kier molecular flexibility index (Phi) is 4.50. The molecule has 1 amide bonds. The standard InChI is InChI=1S/C17H23N3O3/c1-11(2)8-13-10-16(23-18-13)17(21)20-7-5-4-6-15(20)14-9-12(3)22-19-14/h9-11,15H,4-8H2,1-3H3/t15-/m1/s1. The molecule has 1 fully saturated rings. The van der Waals surface area contributed by atoms with Crippen LogP contribution in [0.5, 0.6) is 0 Å². The van der Waals surface area contributed by atoms with E-state index in [1.807, 2.05) is 17.9 Å².